The largest absolute Gasteiger partial charge is 0.350 e. The first-order chi connectivity index (χ1) is 8.63. The van der Waals surface area contributed by atoms with Crippen molar-refractivity contribution in [3.05, 3.63) is 18.1 Å². The molecule has 1 N–H and O–H groups in total. The molecule has 100 valence electrons. The second kappa shape index (κ2) is 5.65. The van der Waals surface area contributed by atoms with Crippen molar-refractivity contribution in [1.29, 1.82) is 0 Å². The first kappa shape index (κ1) is 13.3. The average Bonchev–Trinajstić information content (AvgIpc) is 2.70. The van der Waals surface area contributed by atoms with Gasteiger partial charge < -0.3 is 10.2 Å². The Morgan fingerprint density at radius 2 is 2.22 bits per heavy atom. The first-order valence-electron chi connectivity index (χ1n) is 6.93. The van der Waals surface area contributed by atoms with Gasteiger partial charge in [-0.15, -0.1) is 0 Å². The smallest absolute Gasteiger partial charge is 0.147 e. The van der Waals surface area contributed by atoms with E-state index in [0.29, 0.717) is 0 Å². The SMILES string of the molecule is CCCNCc1cncc(N2CCCC2(C)C)n1. The molecule has 2 heterocycles. The average molecular weight is 248 g/mol. The van der Waals surface area contributed by atoms with E-state index in [4.69, 9.17) is 4.98 Å². The van der Waals surface area contributed by atoms with Gasteiger partial charge in [-0.2, -0.15) is 0 Å². The highest BCUT2D eigenvalue weighted by Crippen LogP contribution is 2.31. The van der Waals surface area contributed by atoms with Crippen molar-refractivity contribution >= 4 is 5.82 Å². The molecule has 0 bridgehead atoms. The van der Waals surface area contributed by atoms with Crippen LogP contribution >= 0.6 is 0 Å². The molecule has 0 atom stereocenters. The van der Waals surface area contributed by atoms with Gasteiger partial charge in [-0.05, 0) is 39.7 Å². The standard InChI is InChI=1S/C14H24N4/c1-4-7-15-9-12-10-16-11-13(17-12)18-8-5-6-14(18,2)3/h10-11,15H,4-9H2,1-3H3. The molecule has 0 aliphatic carbocycles. The normalized spacial score (nSPS) is 18.3. The molecular formula is C14H24N4. The van der Waals surface area contributed by atoms with Crippen molar-refractivity contribution in [2.45, 2.75) is 52.1 Å². The van der Waals surface area contributed by atoms with Crippen molar-refractivity contribution in [2.24, 2.45) is 0 Å². The predicted octanol–water partition coefficient (Wildman–Crippen LogP) is 2.36. The van der Waals surface area contributed by atoms with Gasteiger partial charge in [0.2, 0.25) is 0 Å². The second-order valence-corrected chi connectivity index (χ2v) is 5.61. The van der Waals surface area contributed by atoms with Gasteiger partial charge in [-0.3, -0.25) is 4.98 Å². The fourth-order valence-corrected chi connectivity index (χ4v) is 2.54. The summed E-state index contributed by atoms with van der Waals surface area (Å²) < 4.78 is 0. The molecule has 1 aliphatic heterocycles. The summed E-state index contributed by atoms with van der Waals surface area (Å²) in [5.41, 5.74) is 1.24. The quantitative estimate of drug-likeness (QED) is 0.812. The summed E-state index contributed by atoms with van der Waals surface area (Å²) in [6, 6.07) is 0. The van der Waals surface area contributed by atoms with Crippen LogP contribution in [-0.4, -0.2) is 28.6 Å². The lowest BCUT2D eigenvalue weighted by atomic mass is 10.0. The third kappa shape index (κ3) is 2.99. The van der Waals surface area contributed by atoms with Gasteiger partial charge in [0.25, 0.3) is 0 Å². The number of hydrogen-bond donors (Lipinski definition) is 1. The van der Waals surface area contributed by atoms with Crippen molar-refractivity contribution in [2.75, 3.05) is 18.0 Å². The third-order valence-electron chi connectivity index (χ3n) is 3.58. The van der Waals surface area contributed by atoms with Crippen LogP contribution in [0.3, 0.4) is 0 Å². The van der Waals surface area contributed by atoms with Crippen molar-refractivity contribution in [3.63, 3.8) is 0 Å². The highest BCUT2D eigenvalue weighted by atomic mass is 15.3. The Morgan fingerprint density at radius 3 is 2.89 bits per heavy atom. The van der Waals surface area contributed by atoms with Gasteiger partial charge >= 0.3 is 0 Å². The summed E-state index contributed by atoms with van der Waals surface area (Å²) in [6.07, 6.45) is 7.36. The summed E-state index contributed by atoms with van der Waals surface area (Å²) in [7, 11) is 0. The molecule has 18 heavy (non-hydrogen) atoms. The summed E-state index contributed by atoms with van der Waals surface area (Å²) >= 11 is 0. The van der Waals surface area contributed by atoms with E-state index in [0.717, 1.165) is 37.6 Å². The van der Waals surface area contributed by atoms with Crippen LogP contribution in [0, 0.1) is 0 Å². The second-order valence-electron chi connectivity index (χ2n) is 5.61. The van der Waals surface area contributed by atoms with Crippen LogP contribution < -0.4 is 10.2 Å². The molecule has 0 aromatic carbocycles. The highest BCUT2D eigenvalue weighted by molar-refractivity contribution is 5.41. The minimum Gasteiger partial charge on any atom is -0.350 e. The molecule has 1 fully saturated rings. The lowest BCUT2D eigenvalue weighted by Crippen LogP contribution is -2.38. The van der Waals surface area contributed by atoms with Gasteiger partial charge in [0.1, 0.15) is 5.82 Å². The van der Waals surface area contributed by atoms with Gasteiger partial charge in [0.05, 0.1) is 11.9 Å². The molecule has 1 aromatic heterocycles. The number of hydrogen-bond acceptors (Lipinski definition) is 4. The predicted molar refractivity (Wildman–Crippen MR) is 74.7 cm³/mol. The zero-order chi connectivity index (χ0) is 13.0. The monoisotopic (exact) mass is 248 g/mol. The number of aromatic nitrogens is 2. The minimum atomic E-state index is 0.212. The zero-order valence-corrected chi connectivity index (χ0v) is 11.7. The minimum absolute atomic E-state index is 0.212. The maximum Gasteiger partial charge on any atom is 0.147 e. The van der Waals surface area contributed by atoms with E-state index >= 15 is 0 Å². The molecule has 1 saturated heterocycles. The topological polar surface area (TPSA) is 41.1 Å². The van der Waals surface area contributed by atoms with Crippen molar-refractivity contribution in [1.82, 2.24) is 15.3 Å². The number of nitrogens with one attached hydrogen (secondary N) is 1. The van der Waals surface area contributed by atoms with E-state index in [1.54, 1.807) is 0 Å². The molecule has 1 aliphatic rings. The Balaban J connectivity index is 2.07. The maximum absolute atomic E-state index is 4.72. The van der Waals surface area contributed by atoms with E-state index in [9.17, 15) is 0 Å². The molecule has 4 nitrogen and oxygen atoms in total. The Kier molecular flexibility index (Phi) is 4.17. The lowest BCUT2D eigenvalue weighted by molar-refractivity contribution is 0.512. The van der Waals surface area contributed by atoms with Crippen LogP contribution in [0.4, 0.5) is 5.82 Å². The fourth-order valence-electron chi connectivity index (χ4n) is 2.54. The first-order valence-corrected chi connectivity index (χ1v) is 6.93. The number of rotatable bonds is 5. The molecule has 0 unspecified atom stereocenters. The van der Waals surface area contributed by atoms with Crippen LogP contribution in [0.25, 0.3) is 0 Å². The van der Waals surface area contributed by atoms with Crippen LogP contribution in [0.1, 0.15) is 45.7 Å². The van der Waals surface area contributed by atoms with Crippen LogP contribution in [0.5, 0.6) is 0 Å². The summed E-state index contributed by atoms with van der Waals surface area (Å²) in [5, 5.41) is 3.37. The molecule has 4 heteroatoms. The Bertz CT molecular complexity index is 389. The molecule has 0 spiro atoms. The van der Waals surface area contributed by atoms with E-state index in [1.807, 2.05) is 12.4 Å². The van der Waals surface area contributed by atoms with Gasteiger partial charge in [0.15, 0.2) is 0 Å². The molecular weight excluding hydrogens is 224 g/mol. The third-order valence-corrected chi connectivity index (χ3v) is 3.58. The van der Waals surface area contributed by atoms with Crippen molar-refractivity contribution in [3.8, 4) is 0 Å². The molecule has 0 radical (unpaired) electrons. The van der Waals surface area contributed by atoms with Crippen LogP contribution in [-0.2, 0) is 6.54 Å². The van der Waals surface area contributed by atoms with Gasteiger partial charge in [0, 0.05) is 24.8 Å². The zero-order valence-electron chi connectivity index (χ0n) is 11.7. The molecule has 0 amide bonds. The van der Waals surface area contributed by atoms with E-state index < -0.39 is 0 Å². The van der Waals surface area contributed by atoms with Gasteiger partial charge in [-0.1, -0.05) is 6.92 Å². The van der Waals surface area contributed by atoms with E-state index in [1.165, 1.54) is 12.8 Å². The lowest BCUT2D eigenvalue weighted by Gasteiger charge is -2.32. The molecule has 2 rings (SSSR count). The summed E-state index contributed by atoms with van der Waals surface area (Å²) in [5.74, 6) is 1.02. The number of anilines is 1. The Morgan fingerprint density at radius 1 is 1.39 bits per heavy atom. The Labute approximate surface area is 110 Å². The van der Waals surface area contributed by atoms with Crippen LogP contribution in [0.2, 0.25) is 0 Å². The maximum atomic E-state index is 4.72. The van der Waals surface area contributed by atoms with E-state index in [2.05, 4.69) is 36.0 Å². The van der Waals surface area contributed by atoms with E-state index in [-0.39, 0.29) is 5.54 Å². The molecule has 0 saturated carbocycles. The number of nitrogens with zero attached hydrogens (tertiary/aromatic N) is 3. The van der Waals surface area contributed by atoms with Crippen LogP contribution in [0.15, 0.2) is 12.4 Å². The fraction of sp³-hybridized carbons (Fsp3) is 0.714. The Hall–Kier alpha value is -1.16. The molecule has 1 aromatic rings. The van der Waals surface area contributed by atoms with Crippen molar-refractivity contribution < 1.29 is 0 Å². The highest BCUT2D eigenvalue weighted by Gasteiger charge is 2.32. The summed E-state index contributed by atoms with van der Waals surface area (Å²) in [6.45, 7) is 9.66. The summed E-state index contributed by atoms with van der Waals surface area (Å²) in [4.78, 5) is 11.4. The van der Waals surface area contributed by atoms with Gasteiger partial charge in [-0.25, -0.2) is 4.98 Å².